The summed E-state index contributed by atoms with van der Waals surface area (Å²) in [5.74, 6) is 1.01. The van der Waals surface area contributed by atoms with Crippen molar-refractivity contribution in [1.29, 1.82) is 0 Å². The highest BCUT2D eigenvalue weighted by atomic mass is 32.2. The second-order valence-electron chi connectivity index (χ2n) is 7.67. The van der Waals surface area contributed by atoms with Gasteiger partial charge >= 0.3 is 0 Å². The lowest BCUT2D eigenvalue weighted by atomic mass is 10.2. The van der Waals surface area contributed by atoms with Gasteiger partial charge in [-0.15, -0.1) is 0 Å². The summed E-state index contributed by atoms with van der Waals surface area (Å²) in [6.07, 6.45) is 1.70. The van der Waals surface area contributed by atoms with Crippen molar-refractivity contribution in [1.82, 2.24) is 9.62 Å². The van der Waals surface area contributed by atoms with Crippen LogP contribution in [0.5, 0.6) is 5.75 Å². The van der Waals surface area contributed by atoms with E-state index in [1.165, 1.54) is 10.4 Å². The molecule has 1 aliphatic heterocycles. The predicted molar refractivity (Wildman–Crippen MR) is 109 cm³/mol. The monoisotopic (exact) mass is 420 g/mol. The minimum atomic E-state index is -3.62. The van der Waals surface area contributed by atoms with Gasteiger partial charge in [-0.05, 0) is 43.4 Å². The number of sulfonamides is 1. The molecule has 1 saturated heterocycles. The van der Waals surface area contributed by atoms with Gasteiger partial charge in [0.2, 0.25) is 10.0 Å². The molecule has 3 rings (SSSR count). The lowest BCUT2D eigenvalue weighted by molar-refractivity contribution is 0.0922. The number of ether oxygens (including phenoxy) is 1. The first kappa shape index (κ1) is 21.4. The van der Waals surface area contributed by atoms with Crippen molar-refractivity contribution in [2.75, 3.05) is 19.7 Å². The summed E-state index contributed by atoms with van der Waals surface area (Å²) in [6, 6.07) is 8.81. The highest BCUT2D eigenvalue weighted by molar-refractivity contribution is 7.89. The van der Waals surface area contributed by atoms with E-state index in [-0.39, 0.29) is 16.4 Å². The molecule has 0 spiro atoms. The second kappa shape index (κ2) is 9.00. The average molecular weight is 421 g/mol. The van der Waals surface area contributed by atoms with E-state index in [0.29, 0.717) is 32.2 Å². The summed E-state index contributed by atoms with van der Waals surface area (Å²) in [4.78, 5) is 12.5. The van der Waals surface area contributed by atoms with Crippen LogP contribution in [0.25, 0.3) is 0 Å². The van der Waals surface area contributed by atoms with Gasteiger partial charge in [-0.2, -0.15) is 4.31 Å². The third-order valence-electron chi connectivity index (χ3n) is 4.74. The van der Waals surface area contributed by atoms with Crippen LogP contribution in [0.15, 0.2) is 39.6 Å². The average Bonchev–Trinajstić information content (AvgIpc) is 3.36. The van der Waals surface area contributed by atoms with E-state index in [4.69, 9.17) is 9.15 Å². The lowest BCUT2D eigenvalue weighted by Gasteiger charge is -2.14. The zero-order chi connectivity index (χ0) is 21.0. The van der Waals surface area contributed by atoms with Crippen LogP contribution in [0.2, 0.25) is 0 Å². The Morgan fingerprint density at radius 2 is 1.86 bits per heavy atom. The molecule has 2 heterocycles. The summed E-state index contributed by atoms with van der Waals surface area (Å²) in [6.45, 7) is 7.70. The van der Waals surface area contributed by atoms with Crippen LogP contribution >= 0.6 is 0 Å². The summed E-state index contributed by atoms with van der Waals surface area (Å²) in [5.41, 5.74) is 0.906. The minimum absolute atomic E-state index is 0.00263. The van der Waals surface area contributed by atoms with Gasteiger partial charge in [-0.3, -0.25) is 4.79 Å². The van der Waals surface area contributed by atoms with E-state index in [1.807, 2.05) is 24.3 Å². The zero-order valence-corrected chi connectivity index (χ0v) is 17.9. The van der Waals surface area contributed by atoms with Crippen LogP contribution in [0.4, 0.5) is 0 Å². The first-order chi connectivity index (χ1) is 13.8. The Morgan fingerprint density at radius 3 is 2.48 bits per heavy atom. The lowest BCUT2D eigenvalue weighted by Crippen LogP contribution is -2.28. The molecule has 1 aliphatic rings. The molecule has 1 aromatic heterocycles. The van der Waals surface area contributed by atoms with Crippen LogP contribution in [0.3, 0.4) is 0 Å². The molecule has 7 nitrogen and oxygen atoms in total. The summed E-state index contributed by atoms with van der Waals surface area (Å²) < 4.78 is 38.0. The number of nitrogens with zero attached hydrogens (tertiary/aromatic N) is 1. The molecule has 1 aromatic carbocycles. The van der Waals surface area contributed by atoms with E-state index in [2.05, 4.69) is 19.2 Å². The van der Waals surface area contributed by atoms with Crippen LogP contribution in [-0.4, -0.2) is 38.3 Å². The molecule has 1 N–H and O–H groups in total. The summed E-state index contributed by atoms with van der Waals surface area (Å²) >= 11 is 0. The maximum atomic E-state index is 12.7. The number of hydrogen-bond donors (Lipinski definition) is 1. The van der Waals surface area contributed by atoms with Gasteiger partial charge in [0.1, 0.15) is 16.4 Å². The van der Waals surface area contributed by atoms with Crippen molar-refractivity contribution >= 4 is 15.9 Å². The summed E-state index contributed by atoms with van der Waals surface area (Å²) in [7, 11) is -3.62. The molecule has 29 heavy (non-hydrogen) atoms. The molecular formula is C21H28N2O5S. The quantitative estimate of drug-likeness (QED) is 0.708. The molecule has 8 heteroatoms. The Morgan fingerprint density at radius 1 is 1.21 bits per heavy atom. The minimum Gasteiger partial charge on any atom is -0.493 e. The van der Waals surface area contributed by atoms with Crippen molar-refractivity contribution in [3.8, 4) is 5.75 Å². The van der Waals surface area contributed by atoms with E-state index >= 15 is 0 Å². The Bertz CT molecular complexity index is 942. The molecular weight excluding hydrogens is 392 g/mol. The fourth-order valence-electron chi connectivity index (χ4n) is 3.14. The van der Waals surface area contributed by atoms with Crippen molar-refractivity contribution < 1.29 is 22.4 Å². The Hall–Kier alpha value is -2.32. The van der Waals surface area contributed by atoms with Gasteiger partial charge in [-0.25, -0.2) is 8.42 Å². The van der Waals surface area contributed by atoms with Crippen LogP contribution in [-0.2, 0) is 16.6 Å². The van der Waals surface area contributed by atoms with Crippen LogP contribution in [0.1, 0.15) is 48.6 Å². The van der Waals surface area contributed by atoms with Gasteiger partial charge in [0, 0.05) is 25.7 Å². The van der Waals surface area contributed by atoms with Gasteiger partial charge in [-0.1, -0.05) is 26.0 Å². The maximum absolute atomic E-state index is 12.7. The Kier molecular flexibility index (Phi) is 6.64. The first-order valence-corrected chi connectivity index (χ1v) is 11.3. The standard InChI is InChI=1S/C21H28N2O5S/c1-15(2)14-27-18-8-6-17(7-9-18)13-22-21(24)19-12-20(16(3)28-19)29(25,26)23-10-4-5-11-23/h6-9,12,15H,4-5,10-11,13-14H2,1-3H3,(H,22,24). The molecule has 2 aromatic rings. The SMILES string of the molecule is Cc1oc(C(=O)NCc2ccc(OCC(C)C)cc2)cc1S(=O)(=O)N1CCCC1. The number of carbonyl (C=O) groups excluding carboxylic acids is 1. The normalized spacial score (nSPS) is 15.0. The second-order valence-corrected chi connectivity index (χ2v) is 9.58. The van der Waals surface area contributed by atoms with E-state index in [0.717, 1.165) is 24.2 Å². The molecule has 1 amide bonds. The molecule has 0 saturated carbocycles. The summed E-state index contributed by atoms with van der Waals surface area (Å²) in [5, 5.41) is 2.76. The van der Waals surface area contributed by atoms with Gasteiger partial charge in [0.25, 0.3) is 5.91 Å². The largest absolute Gasteiger partial charge is 0.493 e. The van der Waals surface area contributed by atoms with Gasteiger partial charge in [0.05, 0.1) is 6.61 Å². The molecule has 0 radical (unpaired) electrons. The predicted octanol–water partition coefficient (Wildman–Crippen LogP) is 3.34. The Balaban J connectivity index is 1.61. The fraction of sp³-hybridized carbons (Fsp3) is 0.476. The van der Waals surface area contributed by atoms with Gasteiger partial charge < -0.3 is 14.5 Å². The number of carbonyl (C=O) groups is 1. The van der Waals surface area contributed by atoms with Crippen molar-refractivity contribution in [2.45, 2.75) is 45.1 Å². The molecule has 1 fully saturated rings. The van der Waals surface area contributed by atoms with Crippen LogP contribution in [0, 0.1) is 12.8 Å². The fourth-order valence-corrected chi connectivity index (χ4v) is 4.81. The van der Waals surface area contributed by atoms with Crippen molar-refractivity contribution in [3.63, 3.8) is 0 Å². The number of aryl methyl sites for hydroxylation is 1. The van der Waals surface area contributed by atoms with Crippen molar-refractivity contribution in [2.24, 2.45) is 5.92 Å². The molecule has 0 aliphatic carbocycles. The Labute approximate surface area is 172 Å². The molecule has 0 atom stereocenters. The highest BCUT2D eigenvalue weighted by Crippen LogP contribution is 2.26. The smallest absolute Gasteiger partial charge is 0.287 e. The third-order valence-corrected chi connectivity index (χ3v) is 6.74. The number of amides is 1. The maximum Gasteiger partial charge on any atom is 0.287 e. The number of nitrogens with one attached hydrogen (secondary N) is 1. The highest BCUT2D eigenvalue weighted by Gasteiger charge is 2.31. The number of rotatable bonds is 8. The molecule has 158 valence electrons. The topological polar surface area (TPSA) is 88.8 Å². The third kappa shape index (κ3) is 5.19. The van der Waals surface area contributed by atoms with Crippen molar-refractivity contribution in [3.05, 3.63) is 47.4 Å². The van der Waals surface area contributed by atoms with E-state index in [9.17, 15) is 13.2 Å². The molecule has 0 unspecified atom stereocenters. The van der Waals surface area contributed by atoms with Crippen LogP contribution < -0.4 is 10.1 Å². The molecule has 0 bridgehead atoms. The van der Waals surface area contributed by atoms with E-state index < -0.39 is 15.9 Å². The number of hydrogen-bond acceptors (Lipinski definition) is 5. The van der Waals surface area contributed by atoms with Gasteiger partial charge in [0.15, 0.2) is 5.76 Å². The first-order valence-electron chi connectivity index (χ1n) is 9.88. The number of furan rings is 1. The van der Waals surface area contributed by atoms with E-state index in [1.54, 1.807) is 6.92 Å². The zero-order valence-electron chi connectivity index (χ0n) is 17.1. The number of benzene rings is 1.